The van der Waals surface area contributed by atoms with Crippen LogP contribution >= 0.6 is 0 Å². The molecule has 20 heteroatoms. The van der Waals surface area contributed by atoms with Gasteiger partial charge in [-0.1, -0.05) is 36.4 Å². The van der Waals surface area contributed by atoms with Gasteiger partial charge in [-0.05, 0) is 104 Å². The predicted molar refractivity (Wildman–Crippen MR) is 274 cm³/mol. The highest BCUT2D eigenvalue weighted by Gasteiger charge is 2.42. The lowest BCUT2D eigenvalue weighted by Gasteiger charge is -2.39. The number of nitrogens with one attached hydrogen (secondary N) is 2. The molecule has 13 rings (SSSR count). The van der Waals surface area contributed by atoms with E-state index in [0.29, 0.717) is 94.8 Å². The van der Waals surface area contributed by atoms with Gasteiger partial charge in [0.1, 0.15) is 46.0 Å². The average Bonchev–Trinajstić information content (AvgIpc) is 3.54. The zero-order valence-corrected chi connectivity index (χ0v) is 40.7. The lowest BCUT2D eigenvalue weighted by atomic mass is 9.78. The molecule has 5 aliphatic rings. The minimum Gasteiger partial charge on any atom is -0.482 e. The van der Waals surface area contributed by atoms with Crippen molar-refractivity contribution in [3.05, 3.63) is 142 Å². The summed E-state index contributed by atoms with van der Waals surface area (Å²) >= 11 is 0. The Labute approximate surface area is 439 Å². The van der Waals surface area contributed by atoms with E-state index in [0.717, 1.165) is 11.1 Å². The number of amides is 2. The first kappa shape index (κ1) is 47.7. The maximum absolute atomic E-state index is 15.1. The molecule has 2 amide bonds. The second-order valence-corrected chi connectivity index (χ2v) is 19.3. The van der Waals surface area contributed by atoms with Crippen molar-refractivity contribution in [3.63, 3.8) is 0 Å². The van der Waals surface area contributed by atoms with Gasteiger partial charge in [0, 0.05) is 71.1 Å². The maximum Gasteiger partial charge on any atom is 0.341 e. The molecule has 78 heavy (non-hydrogen) atoms. The largest absolute Gasteiger partial charge is 0.482 e. The number of fused-ring (bicyclic) bond motifs is 2. The number of carbonyl (C=O) groups excluding carboxylic acids is 2. The summed E-state index contributed by atoms with van der Waals surface area (Å²) in [7, 11) is 0. The van der Waals surface area contributed by atoms with Crippen molar-refractivity contribution in [2.45, 2.75) is 50.3 Å². The van der Waals surface area contributed by atoms with Gasteiger partial charge in [-0.15, -0.1) is 0 Å². The van der Waals surface area contributed by atoms with E-state index in [1.165, 1.54) is 12.1 Å². The highest BCUT2D eigenvalue weighted by atomic mass is 16.7. The molecular weight excluding hydrogens is 1010 g/mol. The molecule has 0 saturated carbocycles. The van der Waals surface area contributed by atoms with Crippen LogP contribution in [-0.4, -0.2) is 95.1 Å². The van der Waals surface area contributed by atoms with Crippen LogP contribution < -0.4 is 48.5 Å². The third kappa shape index (κ3) is 7.90. The molecule has 20 bridgehead atoms. The van der Waals surface area contributed by atoms with Crippen molar-refractivity contribution in [1.82, 2.24) is 10.6 Å². The molecule has 0 spiro atoms. The summed E-state index contributed by atoms with van der Waals surface area (Å²) in [6.45, 7) is -3.36. The zero-order valence-electron chi connectivity index (χ0n) is 40.7. The van der Waals surface area contributed by atoms with Crippen molar-refractivity contribution in [1.29, 1.82) is 0 Å². The third-order valence-electron chi connectivity index (χ3n) is 14.9. The van der Waals surface area contributed by atoms with E-state index in [2.05, 4.69) is 10.6 Å². The summed E-state index contributed by atoms with van der Waals surface area (Å²) in [5.41, 5.74) is 3.67. The summed E-state index contributed by atoms with van der Waals surface area (Å²) in [4.78, 5) is 78.0. The van der Waals surface area contributed by atoms with Crippen LogP contribution in [0.25, 0.3) is 43.1 Å². The molecule has 20 nitrogen and oxygen atoms in total. The molecule has 5 heterocycles. The number of carboxylic acid groups (broad SMARTS) is 4. The minimum absolute atomic E-state index is 0.00384. The minimum atomic E-state index is -1.28. The number of carboxylic acids is 4. The first-order chi connectivity index (χ1) is 37.8. The van der Waals surface area contributed by atoms with Gasteiger partial charge in [0.15, 0.2) is 26.4 Å². The molecule has 5 aliphatic heterocycles. The second kappa shape index (κ2) is 18.4. The Morgan fingerprint density at radius 2 is 0.679 bits per heavy atom. The first-order valence-electron chi connectivity index (χ1n) is 24.8. The fourth-order valence-electron chi connectivity index (χ4n) is 11.9. The number of aliphatic carboxylic acids is 4. The summed E-state index contributed by atoms with van der Waals surface area (Å²) in [5, 5.41) is 49.5. The van der Waals surface area contributed by atoms with Gasteiger partial charge < -0.3 is 69.0 Å². The Kier molecular flexibility index (Phi) is 11.3. The van der Waals surface area contributed by atoms with Crippen molar-refractivity contribution in [2.75, 3.05) is 26.4 Å². The number of carbonyl (C=O) groups is 6. The molecule has 392 valence electrons. The zero-order chi connectivity index (χ0) is 53.7. The fourth-order valence-corrected chi connectivity index (χ4v) is 11.9. The highest BCUT2D eigenvalue weighted by molar-refractivity contribution is 6.13. The van der Waals surface area contributed by atoms with Crippen LogP contribution in [0.4, 0.5) is 0 Å². The number of hydrogen-bond donors (Lipinski definition) is 6. The van der Waals surface area contributed by atoms with Gasteiger partial charge >= 0.3 is 23.9 Å². The Bertz CT molecular complexity index is 3750. The van der Waals surface area contributed by atoms with E-state index in [9.17, 15) is 39.6 Å². The number of benzene rings is 8. The van der Waals surface area contributed by atoms with E-state index in [-0.39, 0.29) is 53.6 Å². The lowest BCUT2D eigenvalue weighted by Crippen LogP contribution is -2.35. The third-order valence-corrected chi connectivity index (χ3v) is 14.9. The SMILES string of the molecule is O=C(O)COc1ccc2c3c4ccc2c1CNC(=O)c1c(OCC(=O)O)ccc2c5c(ccc12)OC1CC5c2c(ccc5c(c(OCC(=O)O)ccc25)C(=O)NCc2c(OCC(=O)O)ccc5c6c(ccc25)OC(CC36)O4)O1. The van der Waals surface area contributed by atoms with Gasteiger partial charge in [0.25, 0.3) is 11.8 Å². The highest BCUT2D eigenvalue weighted by Crippen LogP contribution is 2.55. The topological polar surface area (TPSA) is 281 Å². The number of hydrogen-bond acceptors (Lipinski definition) is 14. The molecule has 0 aromatic heterocycles. The summed E-state index contributed by atoms with van der Waals surface area (Å²) in [6, 6.07) is 27.2. The molecule has 0 unspecified atom stereocenters. The summed E-state index contributed by atoms with van der Waals surface area (Å²) in [5.74, 6) is -5.11. The van der Waals surface area contributed by atoms with Crippen LogP contribution in [0.1, 0.15) is 78.8 Å². The monoisotopic (exact) mass is 1050 g/mol. The first-order valence-corrected chi connectivity index (χ1v) is 24.8. The van der Waals surface area contributed by atoms with E-state index < -0.39 is 86.5 Å². The van der Waals surface area contributed by atoms with E-state index in [1.54, 1.807) is 84.9 Å². The molecular formula is C58H42N2O18. The van der Waals surface area contributed by atoms with Crippen molar-refractivity contribution in [2.24, 2.45) is 0 Å². The predicted octanol–water partition coefficient (Wildman–Crippen LogP) is 7.59. The summed E-state index contributed by atoms with van der Waals surface area (Å²) < 4.78 is 49.2. The maximum atomic E-state index is 15.1. The fraction of sp³-hybridized carbons (Fsp3) is 0.207. The van der Waals surface area contributed by atoms with Crippen molar-refractivity contribution < 1.29 is 87.1 Å². The van der Waals surface area contributed by atoms with E-state index in [4.69, 9.17) is 37.9 Å². The Hall–Kier alpha value is -9.98. The normalized spacial score (nSPS) is 18.3. The average molecular weight is 1050 g/mol. The molecule has 0 radical (unpaired) electrons. The number of rotatable bonds is 12. The van der Waals surface area contributed by atoms with Crippen LogP contribution in [0, 0.1) is 0 Å². The molecule has 0 atom stereocenters. The Morgan fingerprint density at radius 1 is 0.397 bits per heavy atom. The van der Waals surface area contributed by atoms with Gasteiger partial charge in [-0.25, -0.2) is 19.2 Å². The van der Waals surface area contributed by atoms with Crippen molar-refractivity contribution in [3.8, 4) is 46.0 Å². The molecule has 6 N–H and O–H groups in total. The molecule has 8 aromatic rings. The van der Waals surface area contributed by atoms with Gasteiger partial charge in [-0.2, -0.15) is 0 Å². The molecule has 8 aromatic carbocycles. The van der Waals surface area contributed by atoms with Gasteiger partial charge in [-0.3, -0.25) is 9.59 Å². The Balaban J connectivity index is 1.06. The van der Waals surface area contributed by atoms with Crippen LogP contribution in [0.3, 0.4) is 0 Å². The lowest BCUT2D eigenvalue weighted by molar-refractivity contribution is -0.140. The van der Waals surface area contributed by atoms with Crippen LogP contribution in [0.15, 0.2) is 97.1 Å². The number of ether oxygens (including phenoxy) is 8. The second-order valence-electron chi connectivity index (χ2n) is 19.3. The molecule has 0 fully saturated rings. The van der Waals surface area contributed by atoms with Crippen LogP contribution in [-0.2, 0) is 32.3 Å². The molecule has 0 aliphatic carbocycles. The standard InChI is InChI=1S/C58H42N2O18/c61-45(62)21-71-37-9-3-27-25-1-13-41-51(27)33-17-49(75-41)76-42-14-2-26-28(52(33)42)4-10-38(72-22-46(63)64)36(26)20-60-58(70)56-32-8-16-44-54(30(32)6-12-40(56)74-24-48(67)68)34-18-50(78-44)77-43-15-7-31-29(53(34)43)5-11-39(73-23-47(65)66)55(31)57(69)59-19-35(25)37/h1-16,33-34,49-50H,17-24H2,(H,59,69)(H,60,70)(H,61,62)(H,63,64)(H,65,66)(H,67,68). The van der Waals surface area contributed by atoms with E-state index in [1.807, 2.05) is 0 Å². The van der Waals surface area contributed by atoms with Crippen LogP contribution in [0.5, 0.6) is 46.0 Å². The summed E-state index contributed by atoms with van der Waals surface area (Å²) in [6.07, 6.45) is -0.827. The van der Waals surface area contributed by atoms with Crippen LogP contribution in [0.2, 0.25) is 0 Å². The van der Waals surface area contributed by atoms with E-state index >= 15 is 9.59 Å². The van der Waals surface area contributed by atoms with Gasteiger partial charge in [0.2, 0.25) is 12.6 Å². The smallest absolute Gasteiger partial charge is 0.341 e. The quantitative estimate of drug-likeness (QED) is 0.0687. The van der Waals surface area contributed by atoms with Crippen molar-refractivity contribution >= 4 is 78.8 Å². The van der Waals surface area contributed by atoms with Gasteiger partial charge in [0.05, 0.1) is 11.1 Å². The molecule has 0 saturated heterocycles. The Morgan fingerprint density at radius 3 is 1.01 bits per heavy atom.